The molecule has 2 aromatic rings. The lowest BCUT2D eigenvalue weighted by Gasteiger charge is -2.10. The molecule has 2 aromatic carbocycles. The standard InChI is InChI=1S/C15H11Cl2IO3/c16-11-3-1-9(12(17)8-11)5-6-21-14-7-10(15(19)20)2-4-13(14)18/h1-4,7-8H,5-6H2,(H,19,20). The predicted molar refractivity (Wildman–Crippen MR) is 91.8 cm³/mol. The van der Waals surface area contributed by atoms with Crippen molar-refractivity contribution in [3.8, 4) is 5.75 Å². The molecule has 110 valence electrons. The summed E-state index contributed by atoms with van der Waals surface area (Å²) in [6.45, 7) is 0.403. The first-order chi connectivity index (χ1) is 9.97. The molecule has 0 saturated carbocycles. The van der Waals surface area contributed by atoms with Gasteiger partial charge in [-0.2, -0.15) is 0 Å². The highest BCUT2D eigenvalue weighted by Crippen LogP contribution is 2.24. The monoisotopic (exact) mass is 436 g/mol. The van der Waals surface area contributed by atoms with E-state index < -0.39 is 5.97 Å². The molecule has 2 rings (SSSR count). The molecule has 21 heavy (non-hydrogen) atoms. The molecule has 0 heterocycles. The molecule has 0 aromatic heterocycles. The maximum atomic E-state index is 10.9. The molecular formula is C15H11Cl2IO3. The quantitative estimate of drug-likeness (QED) is 0.677. The van der Waals surface area contributed by atoms with Gasteiger partial charge in [-0.15, -0.1) is 0 Å². The Balaban J connectivity index is 2.03. The molecule has 0 atom stereocenters. The zero-order chi connectivity index (χ0) is 15.4. The maximum absolute atomic E-state index is 10.9. The van der Waals surface area contributed by atoms with Gasteiger partial charge in [-0.1, -0.05) is 29.3 Å². The normalized spacial score (nSPS) is 10.4. The van der Waals surface area contributed by atoms with E-state index in [1.54, 1.807) is 24.3 Å². The number of aromatic carboxylic acids is 1. The Labute approximate surface area is 146 Å². The van der Waals surface area contributed by atoms with Gasteiger partial charge in [0.2, 0.25) is 0 Å². The van der Waals surface area contributed by atoms with Crippen LogP contribution < -0.4 is 4.74 Å². The van der Waals surface area contributed by atoms with E-state index in [4.69, 9.17) is 33.0 Å². The van der Waals surface area contributed by atoms with Gasteiger partial charge in [-0.25, -0.2) is 4.79 Å². The minimum absolute atomic E-state index is 0.204. The first-order valence-corrected chi connectivity index (χ1v) is 7.90. The number of carboxylic acid groups (broad SMARTS) is 1. The number of hydrogen-bond donors (Lipinski definition) is 1. The second-order valence-corrected chi connectivity index (χ2v) is 6.29. The van der Waals surface area contributed by atoms with Crippen molar-refractivity contribution in [2.45, 2.75) is 6.42 Å². The molecule has 0 fully saturated rings. The highest BCUT2D eigenvalue weighted by molar-refractivity contribution is 14.1. The van der Waals surface area contributed by atoms with E-state index in [-0.39, 0.29) is 5.56 Å². The molecule has 0 aliphatic rings. The van der Waals surface area contributed by atoms with Crippen LogP contribution in [0.1, 0.15) is 15.9 Å². The van der Waals surface area contributed by atoms with E-state index in [2.05, 4.69) is 22.6 Å². The van der Waals surface area contributed by atoms with Crippen molar-refractivity contribution < 1.29 is 14.6 Å². The van der Waals surface area contributed by atoms with Crippen LogP contribution in [0.15, 0.2) is 36.4 Å². The van der Waals surface area contributed by atoms with Gasteiger partial charge in [-0.05, 0) is 58.5 Å². The van der Waals surface area contributed by atoms with E-state index in [0.717, 1.165) is 9.13 Å². The van der Waals surface area contributed by atoms with Crippen LogP contribution in [0.2, 0.25) is 10.0 Å². The smallest absolute Gasteiger partial charge is 0.335 e. The summed E-state index contributed by atoms with van der Waals surface area (Å²) in [5.41, 5.74) is 1.14. The van der Waals surface area contributed by atoms with Crippen molar-refractivity contribution in [3.05, 3.63) is 61.1 Å². The molecule has 3 nitrogen and oxygen atoms in total. The van der Waals surface area contributed by atoms with Crippen molar-refractivity contribution in [3.63, 3.8) is 0 Å². The minimum atomic E-state index is -0.975. The van der Waals surface area contributed by atoms with E-state index in [9.17, 15) is 4.79 Å². The van der Waals surface area contributed by atoms with E-state index >= 15 is 0 Å². The molecule has 0 amide bonds. The summed E-state index contributed by atoms with van der Waals surface area (Å²) >= 11 is 14.0. The fourth-order valence-corrected chi connectivity index (χ4v) is 2.74. The summed E-state index contributed by atoms with van der Waals surface area (Å²) in [7, 11) is 0. The Bertz CT molecular complexity index is 674. The third kappa shape index (κ3) is 4.49. The number of ether oxygens (including phenoxy) is 1. The molecule has 0 radical (unpaired) electrons. The molecule has 1 N–H and O–H groups in total. The van der Waals surface area contributed by atoms with Gasteiger partial charge in [-0.3, -0.25) is 0 Å². The molecule has 6 heteroatoms. The van der Waals surface area contributed by atoms with Crippen LogP contribution >= 0.6 is 45.8 Å². The minimum Gasteiger partial charge on any atom is -0.492 e. The van der Waals surface area contributed by atoms with Crippen molar-refractivity contribution >= 4 is 51.8 Å². The van der Waals surface area contributed by atoms with Crippen LogP contribution in [0.3, 0.4) is 0 Å². The SMILES string of the molecule is O=C(O)c1ccc(I)c(OCCc2ccc(Cl)cc2Cl)c1. The second-order valence-electron chi connectivity index (χ2n) is 4.28. The number of benzene rings is 2. The van der Waals surface area contributed by atoms with Gasteiger partial charge < -0.3 is 9.84 Å². The number of hydrogen-bond acceptors (Lipinski definition) is 2. The van der Waals surface area contributed by atoms with Crippen LogP contribution in [-0.2, 0) is 6.42 Å². The second kappa shape index (κ2) is 7.33. The highest BCUT2D eigenvalue weighted by Gasteiger charge is 2.08. The molecule has 0 saturated heterocycles. The fraction of sp³-hybridized carbons (Fsp3) is 0.133. The topological polar surface area (TPSA) is 46.5 Å². The Hall–Kier alpha value is -0.980. The Kier molecular flexibility index (Phi) is 5.72. The Morgan fingerprint density at radius 1 is 1.19 bits per heavy atom. The van der Waals surface area contributed by atoms with Crippen molar-refractivity contribution in [2.24, 2.45) is 0 Å². The molecule has 0 unspecified atom stereocenters. The van der Waals surface area contributed by atoms with Gasteiger partial charge in [0.05, 0.1) is 15.7 Å². The molecule has 0 bridgehead atoms. The third-order valence-electron chi connectivity index (χ3n) is 2.82. The summed E-state index contributed by atoms with van der Waals surface area (Å²) in [4.78, 5) is 10.9. The van der Waals surface area contributed by atoms with Gasteiger partial charge >= 0.3 is 5.97 Å². The van der Waals surface area contributed by atoms with E-state index in [1.165, 1.54) is 6.07 Å². The van der Waals surface area contributed by atoms with Gasteiger partial charge in [0, 0.05) is 16.5 Å². The number of rotatable bonds is 5. The number of carboxylic acids is 1. The average molecular weight is 437 g/mol. The van der Waals surface area contributed by atoms with Crippen molar-refractivity contribution in [2.75, 3.05) is 6.61 Å². The largest absolute Gasteiger partial charge is 0.492 e. The summed E-state index contributed by atoms with van der Waals surface area (Å²) in [5.74, 6) is -0.419. The van der Waals surface area contributed by atoms with Gasteiger partial charge in [0.25, 0.3) is 0 Å². The van der Waals surface area contributed by atoms with Crippen LogP contribution in [0, 0.1) is 3.57 Å². The van der Waals surface area contributed by atoms with Gasteiger partial charge in [0.1, 0.15) is 5.75 Å². The van der Waals surface area contributed by atoms with Crippen LogP contribution in [0.25, 0.3) is 0 Å². The molecular weight excluding hydrogens is 426 g/mol. The summed E-state index contributed by atoms with van der Waals surface area (Å²) in [6.07, 6.45) is 0.614. The number of halogens is 3. The zero-order valence-corrected chi connectivity index (χ0v) is 14.4. The third-order valence-corrected chi connectivity index (χ3v) is 4.30. The van der Waals surface area contributed by atoms with E-state index in [0.29, 0.717) is 28.8 Å². The van der Waals surface area contributed by atoms with Crippen LogP contribution in [0.4, 0.5) is 0 Å². The van der Waals surface area contributed by atoms with Crippen molar-refractivity contribution in [1.82, 2.24) is 0 Å². The lowest BCUT2D eigenvalue weighted by Crippen LogP contribution is -2.04. The number of carbonyl (C=O) groups is 1. The van der Waals surface area contributed by atoms with Crippen LogP contribution in [-0.4, -0.2) is 17.7 Å². The van der Waals surface area contributed by atoms with Crippen molar-refractivity contribution in [1.29, 1.82) is 0 Å². The lowest BCUT2D eigenvalue weighted by atomic mass is 10.1. The Morgan fingerprint density at radius 2 is 1.95 bits per heavy atom. The highest BCUT2D eigenvalue weighted by atomic mass is 127. The molecule has 0 spiro atoms. The van der Waals surface area contributed by atoms with Gasteiger partial charge in [0.15, 0.2) is 0 Å². The molecule has 0 aliphatic carbocycles. The molecule has 0 aliphatic heterocycles. The average Bonchev–Trinajstić information content (AvgIpc) is 2.43. The predicted octanol–water partition coefficient (Wildman–Crippen LogP) is 4.92. The first-order valence-electron chi connectivity index (χ1n) is 6.07. The first kappa shape index (κ1) is 16.4. The van der Waals surface area contributed by atoms with E-state index in [1.807, 2.05) is 6.07 Å². The summed E-state index contributed by atoms with van der Waals surface area (Å²) in [5, 5.41) is 10.2. The Morgan fingerprint density at radius 3 is 2.62 bits per heavy atom. The summed E-state index contributed by atoms with van der Waals surface area (Å²) in [6, 6.07) is 10.1. The zero-order valence-electron chi connectivity index (χ0n) is 10.8. The maximum Gasteiger partial charge on any atom is 0.335 e. The lowest BCUT2D eigenvalue weighted by molar-refractivity contribution is 0.0696. The summed E-state index contributed by atoms with van der Waals surface area (Å²) < 4.78 is 6.52. The van der Waals surface area contributed by atoms with Crippen LogP contribution in [0.5, 0.6) is 5.75 Å². The fourth-order valence-electron chi connectivity index (χ4n) is 1.74.